The van der Waals surface area contributed by atoms with Crippen molar-refractivity contribution in [3.05, 3.63) is 0 Å². The van der Waals surface area contributed by atoms with Crippen LogP contribution in [0.4, 0.5) is 0 Å². The van der Waals surface area contributed by atoms with E-state index >= 15 is 0 Å². The minimum Gasteiger partial charge on any atom is -0.246 e. The van der Waals surface area contributed by atoms with Crippen molar-refractivity contribution in [3.63, 3.8) is 0 Å². The number of unbranched alkanes of at least 4 members (excludes halogenated alkanes) is 2. The Morgan fingerprint density at radius 2 is 2.18 bits per heavy atom. The van der Waals surface area contributed by atoms with Gasteiger partial charge in [0.15, 0.2) is 0 Å². The number of thioether (sulfide) groups is 1. The minimum absolute atomic E-state index is 0.0621. The van der Waals surface area contributed by atoms with Crippen molar-refractivity contribution >= 4 is 17.7 Å². The van der Waals surface area contributed by atoms with Crippen molar-refractivity contribution in [1.82, 2.24) is 0 Å². The highest BCUT2D eigenvalue weighted by Gasteiger charge is 1.97. The van der Waals surface area contributed by atoms with Crippen LogP contribution < -0.4 is 0 Å². The molecule has 11 heavy (non-hydrogen) atoms. The van der Waals surface area contributed by atoms with Gasteiger partial charge in [0, 0.05) is 6.42 Å². The van der Waals surface area contributed by atoms with E-state index in [4.69, 9.17) is 5.26 Å². The third-order valence-electron chi connectivity index (χ3n) is 1.05. The molecule has 0 fully saturated rings. The molecule has 0 spiro atoms. The summed E-state index contributed by atoms with van der Waals surface area (Å²) in [5.74, 6) is -0.155. The van der Waals surface area contributed by atoms with Gasteiger partial charge in [-0.15, -0.1) is 11.8 Å². The third kappa shape index (κ3) is 9.31. The summed E-state index contributed by atoms with van der Waals surface area (Å²) in [6.45, 7) is 0. The molecule has 0 heterocycles. The van der Waals surface area contributed by atoms with Gasteiger partial charge in [0.05, 0.1) is 11.8 Å². The van der Waals surface area contributed by atoms with Crippen LogP contribution in [0.25, 0.3) is 0 Å². The minimum atomic E-state index is -1.02. The second kappa shape index (κ2) is 7.42. The van der Waals surface area contributed by atoms with Gasteiger partial charge in [-0.3, -0.25) is 0 Å². The molecule has 0 rings (SSSR count). The maximum Gasteiger partial charge on any atom is 0.365 e. The maximum absolute atomic E-state index is 9.90. The molecule has 0 N–H and O–H groups in total. The molecular weight excluding hydrogens is 162 g/mol. The first-order chi connectivity index (χ1) is 5.27. The zero-order valence-electron chi connectivity index (χ0n) is 6.21. The molecule has 0 aromatic heterocycles. The van der Waals surface area contributed by atoms with Crippen LogP contribution in [0.2, 0.25) is 0 Å². The molecule has 4 heteroatoms. The lowest BCUT2D eigenvalue weighted by atomic mass is 10.3. The lowest BCUT2D eigenvalue weighted by molar-refractivity contribution is -0.139. The summed E-state index contributed by atoms with van der Waals surface area (Å²) < 4.78 is 0. The molecular formula is C7H10NO2S. The van der Waals surface area contributed by atoms with Crippen LogP contribution in [0.3, 0.4) is 0 Å². The van der Waals surface area contributed by atoms with Gasteiger partial charge in [-0.05, 0) is 18.6 Å². The van der Waals surface area contributed by atoms with Crippen molar-refractivity contribution in [2.45, 2.75) is 19.3 Å². The van der Waals surface area contributed by atoms with Crippen LogP contribution >= 0.6 is 11.8 Å². The standard InChI is InChI=1S/C7H10NO2S/c8-4-2-1-3-5-11-6-7(9)10/h1-3,5-6H2. The lowest BCUT2D eigenvalue weighted by Crippen LogP contribution is -1.96. The topological polar surface area (TPSA) is 60.8 Å². The van der Waals surface area contributed by atoms with E-state index in [0.717, 1.165) is 18.6 Å². The molecule has 0 atom stereocenters. The summed E-state index contributed by atoms with van der Waals surface area (Å²) in [4.78, 5) is 9.90. The van der Waals surface area contributed by atoms with E-state index in [9.17, 15) is 9.90 Å². The number of rotatable bonds is 6. The molecule has 0 aliphatic heterocycles. The molecule has 0 unspecified atom stereocenters. The summed E-state index contributed by atoms with van der Waals surface area (Å²) in [6, 6.07) is 2.03. The SMILES string of the molecule is N#CCCCCSCC([O])=O. The average molecular weight is 172 g/mol. The Hall–Kier alpha value is -0.690. The molecule has 0 aromatic carbocycles. The lowest BCUT2D eigenvalue weighted by Gasteiger charge is -1.93. The van der Waals surface area contributed by atoms with Gasteiger partial charge >= 0.3 is 5.97 Å². The predicted octanol–water partition coefficient (Wildman–Crippen LogP) is 1.37. The van der Waals surface area contributed by atoms with Gasteiger partial charge in [-0.1, -0.05) is 0 Å². The summed E-state index contributed by atoms with van der Waals surface area (Å²) in [7, 11) is 0. The van der Waals surface area contributed by atoms with Crippen LogP contribution in [0.1, 0.15) is 19.3 Å². The van der Waals surface area contributed by atoms with Gasteiger partial charge in [-0.25, -0.2) is 9.90 Å². The molecule has 0 aliphatic rings. The van der Waals surface area contributed by atoms with Crippen molar-refractivity contribution in [2.75, 3.05) is 11.5 Å². The number of nitriles is 1. The van der Waals surface area contributed by atoms with Gasteiger partial charge < -0.3 is 0 Å². The first kappa shape index (κ1) is 10.3. The van der Waals surface area contributed by atoms with E-state index in [1.165, 1.54) is 11.8 Å². The summed E-state index contributed by atoms with van der Waals surface area (Å²) in [5, 5.41) is 18.1. The zero-order chi connectivity index (χ0) is 8.53. The van der Waals surface area contributed by atoms with Crippen molar-refractivity contribution in [1.29, 1.82) is 5.26 Å². The molecule has 0 aliphatic carbocycles. The van der Waals surface area contributed by atoms with Gasteiger partial charge in [0.1, 0.15) is 0 Å². The van der Waals surface area contributed by atoms with E-state index < -0.39 is 5.97 Å². The smallest absolute Gasteiger partial charge is 0.246 e. The Labute approximate surface area is 70.4 Å². The number of nitrogens with zero attached hydrogens (tertiary/aromatic N) is 1. The molecule has 0 saturated heterocycles. The molecule has 3 nitrogen and oxygen atoms in total. The van der Waals surface area contributed by atoms with Crippen LogP contribution in [-0.2, 0) is 9.90 Å². The largest absolute Gasteiger partial charge is 0.365 e. The Morgan fingerprint density at radius 3 is 2.73 bits per heavy atom. The second-order valence-corrected chi connectivity index (χ2v) is 3.14. The molecule has 1 radical (unpaired) electrons. The first-order valence-corrected chi connectivity index (χ1v) is 4.57. The number of hydrogen-bond acceptors (Lipinski definition) is 3. The Bertz CT molecular complexity index is 153. The Balaban J connectivity index is 2.92. The zero-order valence-corrected chi connectivity index (χ0v) is 7.02. The molecule has 0 aromatic rings. The van der Waals surface area contributed by atoms with E-state index in [0.29, 0.717) is 6.42 Å². The number of carbonyl (C=O) groups is 1. The summed E-state index contributed by atoms with van der Waals surface area (Å²) in [5.41, 5.74) is 0. The Morgan fingerprint density at radius 1 is 1.45 bits per heavy atom. The van der Waals surface area contributed by atoms with Crippen molar-refractivity contribution in [3.8, 4) is 6.07 Å². The van der Waals surface area contributed by atoms with E-state index in [1.54, 1.807) is 0 Å². The van der Waals surface area contributed by atoms with E-state index in [2.05, 4.69) is 0 Å². The monoisotopic (exact) mass is 172 g/mol. The number of carbonyl (C=O) groups excluding carboxylic acids is 1. The van der Waals surface area contributed by atoms with Crippen LogP contribution in [0.15, 0.2) is 0 Å². The molecule has 0 amide bonds. The normalized spacial score (nSPS) is 9.00. The highest BCUT2D eigenvalue weighted by molar-refractivity contribution is 7.99. The fourth-order valence-electron chi connectivity index (χ4n) is 0.564. The van der Waals surface area contributed by atoms with Gasteiger partial charge in [0.2, 0.25) is 0 Å². The van der Waals surface area contributed by atoms with Crippen molar-refractivity contribution in [2.24, 2.45) is 0 Å². The highest BCUT2D eigenvalue weighted by atomic mass is 32.2. The number of hydrogen-bond donors (Lipinski definition) is 0. The molecule has 0 bridgehead atoms. The van der Waals surface area contributed by atoms with Gasteiger partial charge in [0.25, 0.3) is 0 Å². The quantitative estimate of drug-likeness (QED) is 0.568. The highest BCUT2D eigenvalue weighted by Crippen LogP contribution is 2.05. The maximum atomic E-state index is 9.90. The van der Waals surface area contributed by atoms with Crippen LogP contribution in [0.5, 0.6) is 0 Å². The fourth-order valence-corrected chi connectivity index (χ4v) is 1.28. The molecule has 0 saturated carbocycles. The first-order valence-electron chi connectivity index (χ1n) is 3.42. The predicted molar refractivity (Wildman–Crippen MR) is 42.5 cm³/mol. The van der Waals surface area contributed by atoms with Crippen LogP contribution in [0, 0.1) is 11.3 Å². The second-order valence-electron chi connectivity index (χ2n) is 2.04. The fraction of sp³-hybridized carbons (Fsp3) is 0.714. The summed E-state index contributed by atoms with van der Waals surface area (Å²) >= 11 is 1.34. The van der Waals surface area contributed by atoms with E-state index in [-0.39, 0.29) is 5.75 Å². The van der Waals surface area contributed by atoms with Gasteiger partial charge in [-0.2, -0.15) is 5.26 Å². The Kier molecular flexibility index (Phi) is 6.95. The van der Waals surface area contributed by atoms with E-state index in [1.807, 2.05) is 6.07 Å². The van der Waals surface area contributed by atoms with Crippen molar-refractivity contribution < 1.29 is 9.90 Å². The average Bonchev–Trinajstić information content (AvgIpc) is 1.96. The molecule has 61 valence electrons. The third-order valence-corrected chi connectivity index (χ3v) is 2.06. The van der Waals surface area contributed by atoms with Crippen LogP contribution in [-0.4, -0.2) is 17.5 Å². The summed E-state index contributed by atoms with van der Waals surface area (Å²) in [6.07, 6.45) is 2.33.